The van der Waals surface area contributed by atoms with Gasteiger partial charge in [0.05, 0.1) is 0 Å². The number of thiophene rings is 1. The number of benzene rings is 1. The van der Waals surface area contributed by atoms with Crippen LogP contribution in [-0.4, -0.2) is 6.04 Å². The van der Waals surface area contributed by atoms with Crippen molar-refractivity contribution in [2.75, 3.05) is 0 Å². The number of rotatable bonds is 5. The summed E-state index contributed by atoms with van der Waals surface area (Å²) in [5, 5.41) is 3.69. The first-order chi connectivity index (χ1) is 9.74. The van der Waals surface area contributed by atoms with Gasteiger partial charge in [-0.1, -0.05) is 35.0 Å². The molecule has 1 aliphatic rings. The summed E-state index contributed by atoms with van der Waals surface area (Å²) in [6.45, 7) is 3.25. The van der Waals surface area contributed by atoms with Crippen LogP contribution in [0.2, 0.25) is 0 Å². The van der Waals surface area contributed by atoms with E-state index in [-0.39, 0.29) is 0 Å². The fourth-order valence-corrected chi connectivity index (χ4v) is 3.92. The van der Waals surface area contributed by atoms with Crippen molar-refractivity contribution < 1.29 is 0 Å². The van der Waals surface area contributed by atoms with Crippen LogP contribution >= 0.6 is 27.3 Å². The summed E-state index contributed by atoms with van der Waals surface area (Å²) < 4.78 is 1.17. The summed E-state index contributed by atoms with van der Waals surface area (Å²) in [6, 6.07) is 14.0. The molecule has 1 saturated carbocycles. The van der Waals surface area contributed by atoms with Gasteiger partial charge in [0.1, 0.15) is 0 Å². The zero-order valence-corrected chi connectivity index (χ0v) is 14.1. The van der Waals surface area contributed by atoms with Gasteiger partial charge in [-0.2, -0.15) is 0 Å². The first-order valence-corrected chi connectivity index (χ1v) is 8.92. The molecule has 1 N–H and O–H groups in total. The van der Waals surface area contributed by atoms with Crippen LogP contribution in [0.3, 0.4) is 0 Å². The molecular formula is C17H20BrNS. The molecule has 1 fully saturated rings. The number of nitrogens with one attached hydrogen (secondary N) is 1. The van der Waals surface area contributed by atoms with E-state index in [4.69, 9.17) is 0 Å². The van der Waals surface area contributed by atoms with Gasteiger partial charge >= 0.3 is 0 Å². The second kappa shape index (κ2) is 6.42. The van der Waals surface area contributed by atoms with Crippen molar-refractivity contribution in [3.8, 4) is 0 Å². The molecule has 20 heavy (non-hydrogen) atoms. The van der Waals surface area contributed by atoms with Gasteiger partial charge in [-0.15, -0.1) is 11.3 Å². The lowest BCUT2D eigenvalue weighted by atomic mass is 9.76. The molecule has 106 valence electrons. The maximum Gasteiger partial charge on any atom is 0.0302 e. The molecule has 1 aromatic heterocycles. The predicted octanol–water partition coefficient (Wildman–Crippen LogP) is 5.11. The van der Waals surface area contributed by atoms with E-state index in [1.54, 1.807) is 0 Å². The monoisotopic (exact) mass is 349 g/mol. The van der Waals surface area contributed by atoms with Crippen molar-refractivity contribution in [2.45, 2.75) is 44.7 Å². The Kier molecular flexibility index (Phi) is 4.59. The Morgan fingerprint density at radius 1 is 1.10 bits per heavy atom. The molecule has 0 atom stereocenters. The quantitative estimate of drug-likeness (QED) is 0.790. The first-order valence-electron chi connectivity index (χ1n) is 7.31. The van der Waals surface area contributed by atoms with Crippen LogP contribution in [0.25, 0.3) is 0 Å². The third-order valence-electron chi connectivity index (χ3n) is 4.11. The summed E-state index contributed by atoms with van der Waals surface area (Å²) in [7, 11) is 0. The molecule has 1 aliphatic carbocycles. The molecule has 2 aromatic rings. The molecule has 3 heteroatoms. The fourth-order valence-electron chi connectivity index (χ4n) is 2.74. The SMILES string of the molecule is CCc1ccc(CNC2CC(c3ccc(Br)cc3)C2)s1. The summed E-state index contributed by atoms with van der Waals surface area (Å²) in [6.07, 6.45) is 3.70. The maximum atomic E-state index is 3.69. The Morgan fingerprint density at radius 3 is 2.45 bits per heavy atom. The van der Waals surface area contributed by atoms with Gasteiger partial charge in [0.25, 0.3) is 0 Å². The molecular weight excluding hydrogens is 330 g/mol. The second-order valence-corrected chi connectivity index (χ2v) is 7.69. The highest BCUT2D eigenvalue weighted by atomic mass is 79.9. The molecule has 0 spiro atoms. The average molecular weight is 350 g/mol. The van der Waals surface area contributed by atoms with Crippen LogP contribution in [-0.2, 0) is 13.0 Å². The van der Waals surface area contributed by atoms with E-state index in [9.17, 15) is 0 Å². The molecule has 0 bridgehead atoms. The Labute approximate surface area is 133 Å². The summed E-state index contributed by atoms with van der Waals surface area (Å²) in [5.74, 6) is 0.745. The third-order valence-corrected chi connectivity index (χ3v) is 5.87. The lowest BCUT2D eigenvalue weighted by Crippen LogP contribution is -2.39. The molecule has 3 rings (SSSR count). The van der Waals surface area contributed by atoms with E-state index in [1.165, 1.54) is 32.6 Å². The van der Waals surface area contributed by atoms with Gasteiger partial charge in [0, 0.05) is 26.8 Å². The highest BCUT2D eigenvalue weighted by Gasteiger charge is 2.29. The Hall–Kier alpha value is -0.640. The van der Waals surface area contributed by atoms with Crippen molar-refractivity contribution in [1.29, 1.82) is 0 Å². The average Bonchev–Trinajstić information content (AvgIpc) is 2.87. The van der Waals surface area contributed by atoms with Gasteiger partial charge in [-0.3, -0.25) is 0 Å². The zero-order chi connectivity index (χ0) is 13.9. The van der Waals surface area contributed by atoms with Crippen molar-refractivity contribution in [2.24, 2.45) is 0 Å². The Balaban J connectivity index is 1.45. The minimum Gasteiger partial charge on any atom is -0.309 e. The highest BCUT2D eigenvalue weighted by Crippen LogP contribution is 2.37. The largest absolute Gasteiger partial charge is 0.309 e. The van der Waals surface area contributed by atoms with Gasteiger partial charge in [-0.25, -0.2) is 0 Å². The Bertz CT molecular complexity index is 555. The third kappa shape index (κ3) is 3.33. The van der Waals surface area contributed by atoms with Crippen LogP contribution in [0.5, 0.6) is 0 Å². The van der Waals surface area contributed by atoms with Crippen LogP contribution in [0.4, 0.5) is 0 Å². The molecule has 0 aliphatic heterocycles. The van der Waals surface area contributed by atoms with Crippen molar-refractivity contribution >= 4 is 27.3 Å². The van der Waals surface area contributed by atoms with E-state index >= 15 is 0 Å². The number of halogens is 1. The molecule has 0 unspecified atom stereocenters. The van der Waals surface area contributed by atoms with Crippen molar-refractivity contribution in [3.05, 3.63) is 56.2 Å². The van der Waals surface area contributed by atoms with Crippen LogP contribution in [0, 0.1) is 0 Å². The smallest absolute Gasteiger partial charge is 0.0302 e. The highest BCUT2D eigenvalue weighted by molar-refractivity contribution is 9.10. The van der Waals surface area contributed by atoms with E-state index < -0.39 is 0 Å². The van der Waals surface area contributed by atoms with Gasteiger partial charge in [-0.05, 0) is 55.0 Å². The maximum absolute atomic E-state index is 3.69. The van der Waals surface area contributed by atoms with Crippen molar-refractivity contribution in [3.63, 3.8) is 0 Å². The summed E-state index contributed by atoms with van der Waals surface area (Å²) >= 11 is 5.43. The van der Waals surface area contributed by atoms with Gasteiger partial charge in [0.2, 0.25) is 0 Å². The van der Waals surface area contributed by atoms with E-state index in [2.05, 4.69) is 64.6 Å². The van der Waals surface area contributed by atoms with Gasteiger partial charge < -0.3 is 5.32 Å². The zero-order valence-electron chi connectivity index (χ0n) is 11.7. The lowest BCUT2D eigenvalue weighted by Gasteiger charge is -2.36. The molecule has 0 amide bonds. The van der Waals surface area contributed by atoms with E-state index in [0.29, 0.717) is 6.04 Å². The lowest BCUT2D eigenvalue weighted by molar-refractivity contribution is 0.290. The molecule has 1 aromatic carbocycles. The molecule has 0 radical (unpaired) electrons. The minimum absolute atomic E-state index is 0.691. The van der Waals surface area contributed by atoms with Crippen molar-refractivity contribution in [1.82, 2.24) is 5.32 Å². The standard InChI is InChI=1S/C17H20BrNS/c1-2-16-7-8-17(20-16)11-19-15-9-13(10-15)12-3-5-14(18)6-4-12/h3-8,13,15,19H,2,9-11H2,1H3. The number of hydrogen-bond donors (Lipinski definition) is 1. The van der Waals surface area contributed by atoms with E-state index in [1.807, 2.05) is 11.3 Å². The second-order valence-electron chi connectivity index (χ2n) is 5.52. The normalized spacial score (nSPS) is 21.7. The topological polar surface area (TPSA) is 12.0 Å². The summed E-state index contributed by atoms with van der Waals surface area (Å²) in [4.78, 5) is 2.96. The van der Waals surface area contributed by atoms with Crippen LogP contribution < -0.4 is 5.32 Å². The fraction of sp³-hybridized carbons (Fsp3) is 0.412. The van der Waals surface area contributed by atoms with Crippen LogP contribution in [0.15, 0.2) is 40.9 Å². The molecule has 0 saturated heterocycles. The minimum atomic E-state index is 0.691. The van der Waals surface area contributed by atoms with Crippen LogP contribution in [0.1, 0.15) is 41.0 Å². The summed E-state index contributed by atoms with van der Waals surface area (Å²) in [5.41, 5.74) is 1.48. The molecule has 1 heterocycles. The number of hydrogen-bond acceptors (Lipinski definition) is 2. The Morgan fingerprint density at radius 2 is 1.80 bits per heavy atom. The number of aryl methyl sites for hydroxylation is 1. The van der Waals surface area contributed by atoms with E-state index in [0.717, 1.165) is 18.9 Å². The predicted molar refractivity (Wildman–Crippen MR) is 90.4 cm³/mol. The molecule has 1 nitrogen and oxygen atoms in total. The van der Waals surface area contributed by atoms with Gasteiger partial charge in [0.15, 0.2) is 0 Å². The first kappa shape index (κ1) is 14.3.